The summed E-state index contributed by atoms with van der Waals surface area (Å²) in [6, 6.07) is 0. The fraction of sp³-hybridized carbons (Fsp3) is 0.600. The van der Waals surface area contributed by atoms with Crippen LogP contribution in [0.4, 0.5) is 0 Å². The summed E-state index contributed by atoms with van der Waals surface area (Å²) in [5.41, 5.74) is 5.48. The van der Waals surface area contributed by atoms with E-state index in [2.05, 4.69) is 20.3 Å². The van der Waals surface area contributed by atoms with Crippen molar-refractivity contribution < 1.29 is 10.0 Å². The molecule has 1 aromatic rings. The summed E-state index contributed by atoms with van der Waals surface area (Å²) in [6.07, 6.45) is 0.464. The predicted molar refractivity (Wildman–Crippen MR) is 64.8 cm³/mol. The minimum Gasteiger partial charge on any atom is -0.409 e. The molecule has 1 aromatic heterocycles. The van der Waals surface area contributed by atoms with Crippen LogP contribution in [0.1, 0.15) is 25.0 Å². The third-order valence-electron chi connectivity index (χ3n) is 2.58. The van der Waals surface area contributed by atoms with E-state index in [1.807, 2.05) is 0 Å². The highest BCUT2D eigenvalue weighted by Gasteiger charge is 2.25. The van der Waals surface area contributed by atoms with Gasteiger partial charge < -0.3 is 15.8 Å². The first-order chi connectivity index (χ1) is 8.49. The maximum Gasteiger partial charge on any atom is 0.233 e. The number of rotatable bonds is 5. The number of hydrogen-bond acceptors (Lipinski definition) is 5. The number of oxime groups is 1. The van der Waals surface area contributed by atoms with Crippen molar-refractivity contribution >= 4 is 11.7 Å². The summed E-state index contributed by atoms with van der Waals surface area (Å²) in [4.78, 5) is 17.6. The molecular formula is C10H18N6O2. The third kappa shape index (κ3) is 3.19. The van der Waals surface area contributed by atoms with E-state index in [1.165, 1.54) is 4.90 Å². The average molecular weight is 254 g/mol. The van der Waals surface area contributed by atoms with Gasteiger partial charge in [0.25, 0.3) is 0 Å². The Kier molecular flexibility index (Phi) is 4.64. The highest BCUT2D eigenvalue weighted by atomic mass is 16.4. The normalized spacial score (nSPS) is 13.4. The Bertz CT molecular complexity index is 441. The highest BCUT2D eigenvalue weighted by molar-refractivity contribution is 6.01. The summed E-state index contributed by atoms with van der Waals surface area (Å²) in [6.45, 7) is 3.85. The molecule has 0 saturated carbocycles. The molecule has 0 saturated heterocycles. The van der Waals surface area contributed by atoms with E-state index in [9.17, 15) is 4.79 Å². The molecule has 0 aliphatic rings. The summed E-state index contributed by atoms with van der Waals surface area (Å²) >= 11 is 0. The Balaban J connectivity index is 2.71. The minimum absolute atomic E-state index is 0.0829. The van der Waals surface area contributed by atoms with Gasteiger partial charge in [-0.2, -0.15) is 5.10 Å². The number of aromatic nitrogens is 3. The van der Waals surface area contributed by atoms with Crippen molar-refractivity contribution in [2.45, 2.75) is 26.8 Å². The Hall–Kier alpha value is -2.12. The molecule has 8 nitrogen and oxygen atoms in total. The Morgan fingerprint density at radius 3 is 2.78 bits per heavy atom. The van der Waals surface area contributed by atoms with Crippen molar-refractivity contribution in [2.24, 2.45) is 16.8 Å². The van der Waals surface area contributed by atoms with Crippen LogP contribution in [0, 0.1) is 12.8 Å². The number of H-pyrrole nitrogens is 1. The molecule has 1 amide bonds. The average Bonchev–Trinajstić information content (AvgIpc) is 2.75. The minimum atomic E-state index is -0.625. The fourth-order valence-corrected chi connectivity index (χ4v) is 1.60. The molecule has 0 aliphatic carbocycles. The number of carbonyl (C=O) groups is 1. The molecule has 4 N–H and O–H groups in total. The van der Waals surface area contributed by atoms with Gasteiger partial charge in [0.1, 0.15) is 5.82 Å². The van der Waals surface area contributed by atoms with Gasteiger partial charge in [0, 0.05) is 7.05 Å². The Morgan fingerprint density at radius 1 is 1.67 bits per heavy atom. The SMILES string of the molecule is CCC(C(=O)N(C)Cc1n[nH]c(C)n1)C(N)=NO. The topological polar surface area (TPSA) is 120 Å². The zero-order chi connectivity index (χ0) is 13.7. The fourth-order valence-electron chi connectivity index (χ4n) is 1.60. The summed E-state index contributed by atoms with van der Waals surface area (Å²) in [5.74, 6) is 0.280. The largest absolute Gasteiger partial charge is 0.409 e. The van der Waals surface area contributed by atoms with Gasteiger partial charge >= 0.3 is 0 Å². The maximum absolute atomic E-state index is 12.1. The molecule has 8 heteroatoms. The number of hydrogen-bond donors (Lipinski definition) is 3. The molecule has 100 valence electrons. The van der Waals surface area contributed by atoms with Gasteiger partial charge in [-0.25, -0.2) is 4.98 Å². The number of aryl methyl sites for hydroxylation is 1. The number of carbonyl (C=O) groups excluding carboxylic acids is 1. The van der Waals surface area contributed by atoms with Crippen LogP contribution in [-0.4, -0.2) is 44.1 Å². The lowest BCUT2D eigenvalue weighted by Gasteiger charge is -2.20. The van der Waals surface area contributed by atoms with Gasteiger partial charge in [-0.05, 0) is 13.3 Å². The zero-order valence-electron chi connectivity index (χ0n) is 10.7. The molecule has 18 heavy (non-hydrogen) atoms. The first-order valence-electron chi connectivity index (χ1n) is 5.59. The lowest BCUT2D eigenvalue weighted by Crippen LogP contribution is -2.39. The summed E-state index contributed by atoms with van der Waals surface area (Å²) in [7, 11) is 1.63. The first kappa shape index (κ1) is 13.9. The predicted octanol–water partition coefficient (Wildman–Crippen LogP) is -0.156. The van der Waals surface area contributed by atoms with Crippen LogP contribution in [0.15, 0.2) is 5.16 Å². The van der Waals surface area contributed by atoms with Gasteiger partial charge in [-0.1, -0.05) is 12.1 Å². The van der Waals surface area contributed by atoms with Crippen molar-refractivity contribution in [1.29, 1.82) is 0 Å². The molecule has 1 heterocycles. The second-order valence-corrected chi connectivity index (χ2v) is 4.02. The molecule has 0 radical (unpaired) electrons. The molecule has 0 aromatic carbocycles. The van der Waals surface area contributed by atoms with Crippen molar-refractivity contribution in [3.63, 3.8) is 0 Å². The van der Waals surface area contributed by atoms with E-state index in [-0.39, 0.29) is 18.3 Å². The van der Waals surface area contributed by atoms with Crippen LogP contribution in [0.25, 0.3) is 0 Å². The van der Waals surface area contributed by atoms with Crippen LogP contribution in [0.3, 0.4) is 0 Å². The van der Waals surface area contributed by atoms with Crippen molar-refractivity contribution in [1.82, 2.24) is 20.1 Å². The van der Waals surface area contributed by atoms with E-state index < -0.39 is 5.92 Å². The lowest BCUT2D eigenvalue weighted by atomic mass is 10.0. The van der Waals surface area contributed by atoms with Crippen molar-refractivity contribution in [3.8, 4) is 0 Å². The number of nitrogens with two attached hydrogens (primary N) is 1. The van der Waals surface area contributed by atoms with Gasteiger partial charge in [0.2, 0.25) is 5.91 Å². The number of nitrogens with zero attached hydrogens (tertiary/aromatic N) is 4. The molecule has 1 rings (SSSR count). The van der Waals surface area contributed by atoms with Crippen molar-refractivity contribution in [2.75, 3.05) is 7.05 Å². The van der Waals surface area contributed by atoms with Gasteiger partial charge in [0.15, 0.2) is 11.7 Å². The second-order valence-electron chi connectivity index (χ2n) is 4.02. The number of nitrogens with one attached hydrogen (secondary N) is 1. The van der Waals surface area contributed by atoms with E-state index in [0.29, 0.717) is 18.1 Å². The Labute approximate surface area is 105 Å². The molecule has 0 fully saturated rings. The first-order valence-corrected chi connectivity index (χ1v) is 5.59. The molecule has 0 spiro atoms. The van der Waals surface area contributed by atoms with Crippen molar-refractivity contribution in [3.05, 3.63) is 11.6 Å². The van der Waals surface area contributed by atoms with Crippen LogP contribution < -0.4 is 5.73 Å². The molecular weight excluding hydrogens is 236 g/mol. The zero-order valence-corrected chi connectivity index (χ0v) is 10.7. The summed E-state index contributed by atoms with van der Waals surface area (Å²) < 4.78 is 0. The van der Waals surface area contributed by atoms with Gasteiger partial charge in [-0.3, -0.25) is 9.89 Å². The second kappa shape index (κ2) is 5.99. The van der Waals surface area contributed by atoms with E-state index in [1.54, 1.807) is 20.9 Å². The van der Waals surface area contributed by atoms with Crippen LogP contribution in [0.5, 0.6) is 0 Å². The Morgan fingerprint density at radius 2 is 2.33 bits per heavy atom. The lowest BCUT2D eigenvalue weighted by molar-refractivity contribution is -0.132. The molecule has 1 atom stereocenters. The molecule has 0 bridgehead atoms. The highest BCUT2D eigenvalue weighted by Crippen LogP contribution is 2.09. The van der Waals surface area contributed by atoms with Crippen LogP contribution >= 0.6 is 0 Å². The number of amides is 1. The van der Waals surface area contributed by atoms with Crippen LogP contribution in [0.2, 0.25) is 0 Å². The number of amidine groups is 1. The van der Waals surface area contributed by atoms with E-state index >= 15 is 0 Å². The number of aromatic amines is 1. The standard InChI is InChI=1S/C10H18N6O2/c1-4-7(9(11)15-18)10(17)16(3)5-8-12-6(2)13-14-8/h7,18H,4-5H2,1-3H3,(H2,11,15)(H,12,13,14). The maximum atomic E-state index is 12.1. The molecule has 1 unspecified atom stereocenters. The smallest absolute Gasteiger partial charge is 0.233 e. The van der Waals surface area contributed by atoms with Crippen LogP contribution in [-0.2, 0) is 11.3 Å². The van der Waals surface area contributed by atoms with Gasteiger partial charge in [0.05, 0.1) is 12.5 Å². The third-order valence-corrected chi connectivity index (χ3v) is 2.58. The van der Waals surface area contributed by atoms with E-state index in [4.69, 9.17) is 10.9 Å². The molecule has 0 aliphatic heterocycles. The van der Waals surface area contributed by atoms with Gasteiger partial charge in [-0.15, -0.1) is 0 Å². The quantitative estimate of drug-likeness (QED) is 0.292. The monoisotopic (exact) mass is 254 g/mol. The summed E-state index contributed by atoms with van der Waals surface area (Å²) in [5, 5.41) is 18.2. The van der Waals surface area contributed by atoms with E-state index in [0.717, 1.165) is 0 Å².